The lowest BCUT2D eigenvalue weighted by molar-refractivity contribution is -0.144. The average Bonchev–Trinajstić information content (AvgIpc) is 3.23. The molecule has 2 amide bonds. The summed E-state index contributed by atoms with van der Waals surface area (Å²) in [5.41, 5.74) is 0.825. The zero-order chi connectivity index (χ0) is 25.5. The first-order valence-corrected chi connectivity index (χ1v) is 13.8. The van der Waals surface area contributed by atoms with Gasteiger partial charge in [0.2, 0.25) is 11.8 Å². The van der Waals surface area contributed by atoms with Crippen LogP contribution >= 0.6 is 11.3 Å². The smallest absolute Gasteiger partial charge is 0.229 e. The van der Waals surface area contributed by atoms with E-state index >= 15 is 0 Å². The van der Waals surface area contributed by atoms with Gasteiger partial charge < -0.3 is 20.8 Å². The van der Waals surface area contributed by atoms with Crippen LogP contribution in [0.15, 0.2) is 24.5 Å². The fourth-order valence-corrected chi connectivity index (χ4v) is 7.61. The summed E-state index contributed by atoms with van der Waals surface area (Å²) in [5.74, 6) is -0.172. The highest BCUT2D eigenvalue weighted by Crippen LogP contribution is 2.62. The Morgan fingerprint density at radius 1 is 1.25 bits per heavy atom. The molecule has 0 aromatic carbocycles. The van der Waals surface area contributed by atoms with Crippen LogP contribution in [0.3, 0.4) is 0 Å². The number of aliphatic hydroxyl groups is 2. The standard InChI is InChI=1S/C27H36N4O4S/c1-26-9-8-21(33)27(2,15-32)20(26)12-19-23(30-25(36-19)31-24(35)17-6-3-7-17)18(26)11-22(34)29-14-16-5-4-10-28-13-16/h4-5,10,13,17-18,20-21,32-33H,3,6-9,11-12,14-15H2,1-2H3,(H,29,34)(H,30,31,35). The van der Waals surface area contributed by atoms with Crippen molar-refractivity contribution in [3.63, 3.8) is 0 Å². The number of carbonyl (C=O) groups excluding carboxylic acids is 2. The summed E-state index contributed by atoms with van der Waals surface area (Å²) in [6, 6.07) is 3.77. The molecule has 5 atom stereocenters. The molecule has 2 saturated carbocycles. The number of aromatic nitrogens is 2. The predicted molar refractivity (Wildman–Crippen MR) is 137 cm³/mol. The third-order valence-electron chi connectivity index (χ3n) is 9.20. The molecule has 194 valence electrons. The van der Waals surface area contributed by atoms with Gasteiger partial charge in [0.15, 0.2) is 5.13 Å². The fraction of sp³-hybridized carbons (Fsp3) is 0.630. The molecule has 0 bridgehead atoms. The summed E-state index contributed by atoms with van der Waals surface area (Å²) in [4.78, 5) is 35.9. The molecule has 0 radical (unpaired) electrons. The third-order valence-corrected chi connectivity index (χ3v) is 10.2. The molecule has 8 nitrogen and oxygen atoms in total. The zero-order valence-electron chi connectivity index (χ0n) is 21.0. The minimum Gasteiger partial charge on any atom is -0.396 e. The van der Waals surface area contributed by atoms with Gasteiger partial charge in [0, 0.05) is 47.5 Å². The number of amides is 2. The maximum Gasteiger partial charge on any atom is 0.229 e. The number of anilines is 1. The highest BCUT2D eigenvalue weighted by atomic mass is 32.1. The van der Waals surface area contributed by atoms with Gasteiger partial charge in [-0.2, -0.15) is 0 Å². The number of thiazole rings is 1. The van der Waals surface area contributed by atoms with Gasteiger partial charge in [0.25, 0.3) is 0 Å². The Morgan fingerprint density at radius 3 is 2.72 bits per heavy atom. The van der Waals surface area contributed by atoms with Crippen molar-refractivity contribution >= 4 is 28.3 Å². The summed E-state index contributed by atoms with van der Waals surface area (Å²) in [5, 5.41) is 28.0. The van der Waals surface area contributed by atoms with Crippen molar-refractivity contribution in [2.45, 2.75) is 77.4 Å². The fourth-order valence-electron chi connectivity index (χ4n) is 6.54. The zero-order valence-corrected chi connectivity index (χ0v) is 21.8. The van der Waals surface area contributed by atoms with Crippen molar-refractivity contribution in [2.24, 2.45) is 22.7 Å². The van der Waals surface area contributed by atoms with E-state index in [1.807, 2.05) is 19.1 Å². The van der Waals surface area contributed by atoms with Crippen molar-refractivity contribution in [1.29, 1.82) is 0 Å². The third kappa shape index (κ3) is 4.46. The second kappa shape index (κ2) is 9.84. The predicted octanol–water partition coefficient (Wildman–Crippen LogP) is 3.40. The monoisotopic (exact) mass is 512 g/mol. The van der Waals surface area contributed by atoms with Crippen LogP contribution in [0.1, 0.15) is 74.4 Å². The van der Waals surface area contributed by atoms with Crippen molar-refractivity contribution < 1.29 is 19.8 Å². The molecule has 2 heterocycles. The maximum atomic E-state index is 13.2. The first-order chi connectivity index (χ1) is 17.2. The number of hydrogen-bond acceptors (Lipinski definition) is 7. The van der Waals surface area contributed by atoms with Crippen LogP contribution in [-0.2, 0) is 22.6 Å². The highest BCUT2D eigenvalue weighted by molar-refractivity contribution is 7.15. The summed E-state index contributed by atoms with van der Waals surface area (Å²) in [6.45, 7) is 4.43. The van der Waals surface area contributed by atoms with Gasteiger partial charge in [0.05, 0.1) is 18.4 Å². The Bertz CT molecular complexity index is 1120. The quantitative estimate of drug-likeness (QED) is 0.451. The summed E-state index contributed by atoms with van der Waals surface area (Å²) in [6.07, 6.45) is 8.02. The SMILES string of the molecule is CC1(CO)C(O)CCC2(C)C(CC(=O)NCc3cccnc3)c3nc(NC(=O)C4CCC4)sc3CC12. The van der Waals surface area contributed by atoms with Gasteiger partial charge in [0.1, 0.15) is 0 Å². The van der Waals surface area contributed by atoms with Crippen LogP contribution in [0, 0.1) is 22.7 Å². The van der Waals surface area contributed by atoms with Gasteiger partial charge >= 0.3 is 0 Å². The molecule has 3 aliphatic rings. The van der Waals surface area contributed by atoms with E-state index in [1.54, 1.807) is 12.4 Å². The Kier molecular flexibility index (Phi) is 6.91. The molecular weight excluding hydrogens is 476 g/mol. The summed E-state index contributed by atoms with van der Waals surface area (Å²) in [7, 11) is 0. The lowest BCUT2D eigenvalue weighted by Gasteiger charge is -2.58. The molecule has 2 fully saturated rings. The van der Waals surface area contributed by atoms with Crippen molar-refractivity contribution in [2.75, 3.05) is 11.9 Å². The van der Waals surface area contributed by atoms with Crippen LogP contribution in [0.5, 0.6) is 0 Å². The summed E-state index contributed by atoms with van der Waals surface area (Å²) < 4.78 is 0. The van der Waals surface area contributed by atoms with Crippen LogP contribution in [0.4, 0.5) is 5.13 Å². The minimum atomic E-state index is -0.672. The normalized spacial score (nSPS) is 31.6. The van der Waals surface area contributed by atoms with Crippen LogP contribution in [-0.4, -0.2) is 44.7 Å². The van der Waals surface area contributed by atoms with Crippen molar-refractivity contribution in [1.82, 2.24) is 15.3 Å². The topological polar surface area (TPSA) is 124 Å². The number of hydrogen-bond donors (Lipinski definition) is 4. The number of nitrogens with zero attached hydrogens (tertiary/aromatic N) is 2. The van der Waals surface area contributed by atoms with Gasteiger partial charge in [-0.3, -0.25) is 14.6 Å². The number of fused-ring (bicyclic) bond motifs is 2. The second-order valence-corrected chi connectivity index (χ2v) is 12.4. The number of carbonyl (C=O) groups is 2. The average molecular weight is 513 g/mol. The Labute approximate surface area is 215 Å². The van der Waals surface area contributed by atoms with E-state index < -0.39 is 11.5 Å². The number of aliphatic hydroxyl groups excluding tert-OH is 2. The number of pyridine rings is 1. The van der Waals surface area contributed by atoms with E-state index in [1.165, 1.54) is 11.3 Å². The molecule has 0 spiro atoms. The van der Waals surface area contributed by atoms with Gasteiger partial charge in [-0.15, -0.1) is 11.3 Å². The molecule has 0 saturated heterocycles. The Hall–Kier alpha value is -2.36. The van der Waals surface area contributed by atoms with E-state index in [4.69, 9.17) is 4.98 Å². The molecule has 4 N–H and O–H groups in total. The molecule has 2 aromatic rings. The maximum absolute atomic E-state index is 13.2. The molecule has 5 rings (SSSR count). The molecule has 0 aliphatic heterocycles. The number of rotatable bonds is 7. The van der Waals surface area contributed by atoms with Crippen molar-refractivity contribution in [3.05, 3.63) is 40.7 Å². The van der Waals surface area contributed by atoms with Crippen LogP contribution in [0.2, 0.25) is 0 Å². The van der Waals surface area contributed by atoms with E-state index in [0.717, 1.165) is 41.8 Å². The van der Waals surface area contributed by atoms with E-state index in [9.17, 15) is 19.8 Å². The van der Waals surface area contributed by atoms with E-state index in [0.29, 0.717) is 24.5 Å². The summed E-state index contributed by atoms with van der Waals surface area (Å²) >= 11 is 1.48. The Morgan fingerprint density at radius 2 is 2.06 bits per heavy atom. The van der Waals surface area contributed by atoms with E-state index in [2.05, 4.69) is 22.5 Å². The van der Waals surface area contributed by atoms with E-state index in [-0.39, 0.29) is 48.0 Å². The molecule has 2 aromatic heterocycles. The molecule has 9 heteroatoms. The molecule has 3 aliphatic carbocycles. The van der Waals surface area contributed by atoms with Crippen LogP contribution < -0.4 is 10.6 Å². The van der Waals surface area contributed by atoms with Crippen molar-refractivity contribution in [3.8, 4) is 0 Å². The lowest BCUT2D eigenvalue weighted by Crippen LogP contribution is -2.57. The van der Waals surface area contributed by atoms with Gasteiger partial charge in [-0.1, -0.05) is 26.3 Å². The van der Waals surface area contributed by atoms with Crippen LogP contribution in [0.25, 0.3) is 0 Å². The molecule has 36 heavy (non-hydrogen) atoms. The van der Waals surface area contributed by atoms with Gasteiger partial charge in [-0.05, 0) is 55.1 Å². The first kappa shape index (κ1) is 25.3. The largest absolute Gasteiger partial charge is 0.396 e. The second-order valence-electron chi connectivity index (χ2n) is 11.3. The Balaban J connectivity index is 1.43. The molecule has 5 unspecified atom stereocenters. The van der Waals surface area contributed by atoms with Gasteiger partial charge in [-0.25, -0.2) is 4.98 Å². The highest BCUT2D eigenvalue weighted by Gasteiger charge is 2.59. The lowest BCUT2D eigenvalue weighted by atomic mass is 9.47. The number of nitrogens with one attached hydrogen (secondary N) is 2. The molecular formula is C27H36N4O4S. The minimum absolute atomic E-state index is 0.0157. The first-order valence-electron chi connectivity index (χ1n) is 13.0.